The summed E-state index contributed by atoms with van der Waals surface area (Å²) in [5, 5.41) is 3.05. The molecule has 3 N–H and O–H groups in total. The van der Waals surface area contributed by atoms with Gasteiger partial charge in [-0.1, -0.05) is 17.7 Å². The van der Waals surface area contributed by atoms with E-state index in [9.17, 15) is 0 Å². The highest BCUT2D eigenvalue weighted by molar-refractivity contribution is 5.78. The second kappa shape index (κ2) is 8.43. The molecule has 0 fully saturated rings. The standard InChI is InChI=1S/C15H25N3O2/c1-11-5-7-14(8-6-11)20-13(3)9-17-15(16)18-12(2)10-19-4/h5-8,12-13H,9-10H2,1-4H3,(H3,16,17,18). The first-order chi connectivity index (χ1) is 9.51. The normalized spacial score (nSPS) is 14.7. The second-order valence-electron chi connectivity index (χ2n) is 4.97. The van der Waals surface area contributed by atoms with Crippen LogP contribution >= 0.6 is 0 Å². The Balaban J connectivity index is 2.38. The molecule has 0 spiro atoms. The van der Waals surface area contributed by atoms with E-state index in [0.29, 0.717) is 19.1 Å². The van der Waals surface area contributed by atoms with E-state index in [1.54, 1.807) is 7.11 Å². The van der Waals surface area contributed by atoms with Crippen LogP contribution in [0.1, 0.15) is 19.4 Å². The largest absolute Gasteiger partial charge is 0.489 e. The fourth-order valence-electron chi connectivity index (χ4n) is 1.70. The lowest BCUT2D eigenvalue weighted by Crippen LogP contribution is -2.41. The Labute approximate surface area is 121 Å². The zero-order valence-corrected chi connectivity index (χ0v) is 12.7. The zero-order chi connectivity index (χ0) is 15.0. The van der Waals surface area contributed by atoms with Crippen LogP contribution < -0.4 is 15.8 Å². The van der Waals surface area contributed by atoms with Crippen LogP contribution in [0.4, 0.5) is 0 Å². The van der Waals surface area contributed by atoms with Crippen LogP contribution in [0.25, 0.3) is 0 Å². The summed E-state index contributed by atoms with van der Waals surface area (Å²) in [5.74, 6) is 1.26. The molecule has 2 atom stereocenters. The van der Waals surface area contributed by atoms with Crippen LogP contribution in [-0.2, 0) is 4.74 Å². The highest BCUT2D eigenvalue weighted by atomic mass is 16.5. The van der Waals surface area contributed by atoms with Crippen molar-refractivity contribution < 1.29 is 9.47 Å². The number of hydrogen-bond acceptors (Lipinski definition) is 3. The van der Waals surface area contributed by atoms with Crippen molar-refractivity contribution in [3.8, 4) is 5.75 Å². The first-order valence-corrected chi connectivity index (χ1v) is 6.80. The summed E-state index contributed by atoms with van der Waals surface area (Å²) in [7, 11) is 1.66. The predicted octanol–water partition coefficient (Wildman–Crippen LogP) is 1.70. The van der Waals surface area contributed by atoms with Gasteiger partial charge in [0.15, 0.2) is 5.96 Å². The van der Waals surface area contributed by atoms with Crippen LogP contribution in [0.3, 0.4) is 0 Å². The quantitative estimate of drug-likeness (QED) is 0.589. The second-order valence-corrected chi connectivity index (χ2v) is 4.97. The number of nitrogens with one attached hydrogen (secondary N) is 1. The summed E-state index contributed by atoms with van der Waals surface area (Å²) in [5.41, 5.74) is 7.01. The van der Waals surface area contributed by atoms with Gasteiger partial charge in [-0.15, -0.1) is 0 Å². The molecule has 0 aliphatic heterocycles. The minimum absolute atomic E-state index is 0.0317. The minimum Gasteiger partial charge on any atom is -0.489 e. The Morgan fingerprint density at radius 3 is 2.55 bits per heavy atom. The summed E-state index contributed by atoms with van der Waals surface area (Å²) in [6.45, 7) is 7.09. The molecule has 0 bridgehead atoms. The van der Waals surface area contributed by atoms with Crippen molar-refractivity contribution in [3.63, 3.8) is 0 Å². The molecule has 0 saturated carbocycles. The molecule has 0 heterocycles. The fourth-order valence-corrected chi connectivity index (χ4v) is 1.70. The van der Waals surface area contributed by atoms with Gasteiger partial charge in [0.2, 0.25) is 0 Å². The Kier molecular flexibility index (Phi) is 6.87. The molecular formula is C15H25N3O2. The maximum Gasteiger partial charge on any atom is 0.189 e. The van der Waals surface area contributed by atoms with Crippen LogP contribution in [0.15, 0.2) is 29.3 Å². The summed E-state index contributed by atoms with van der Waals surface area (Å²) in [4.78, 5) is 4.26. The molecule has 2 unspecified atom stereocenters. The highest BCUT2D eigenvalue weighted by Gasteiger charge is 2.05. The van der Waals surface area contributed by atoms with Gasteiger partial charge in [0.25, 0.3) is 0 Å². The molecule has 0 aromatic heterocycles. The third-order valence-electron chi connectivity index (χ3n) is 2.69. The first kappa shape index (κ1) is 16.3. The molecule has 0 amide bonds. The Bertz CT molecular complexity index is 418. The molecule has 20 heavy (non-hydrogen) atoms. The van der Waals surface area contributed by atoms with Gasteiger partial charge in [0.05, 0.1) is 13.2 Å². The smallest absolute Gasteiger partial charge is 0.189 e. The Morgan fingerprint density at radius 1 is 1.30 bits per heavy atom. The summed E-state index contributed by atoms with van der Waals surface area (Å²) in [6, 6.07) is 8.09. The maximum absolute atomic E-state index is 5.79. The number of ether oxygens (including phenoxy) is 2. The average Bonchev–Trinajstić information content (AvgIpc) is 2.39. The fraction of sp³-hybridized carbons (Fsp3) is 0.533. The molecule has 0 aliphatic carbocycles. The van der Waals surface area contributed by atoms with E-state index < -0.39 is 0 Å². The van der Waals surface area contributed by atoms with Crippen LogP contribution in [-0.4, -0.2) is 38.4 Å². The van der Waals surface area contributed by atoms with E-state index in [1.165, 1.54) is 5.56 Å². The summed E-state index contributed by atoms with van der Waals surface area (Å²) < 4.78 is 10.8. The van der Waals surface area contributed by atoms with E-state index in [1.807, 2.05) is 45.0 Å². The van der Waals surface area contributed by atoms with Crippen LogP contribution in [0, 0.1) is 6.92 Å². The monoisotopic (exact) mass is 279 g/mol. The van der Waals surface area contributed by atoms with Gasteiger partial charge < -0.3 is 20.5 Å². The van der Waals surface area contributed by atoms with Crippen molar-refractivity contribution in [2.75, 3.05) is 20.3 Å². The lowest BCUT2D eigenvalue weighted by Gasteiger charge is -2.15. The molecule has 1 rings (SSSR count). The van der Waals surface area contributed by atoms with E-state index in [0.717, 1.165) is 5.75 Å². The van der Waals surface area contributed by atoms with E-state index >= 15 is 0 Å². The Hall–Kier alpha value is -1.75. The average molecular weight is 279 g/mol. The van der Waals surface area contributed by atoms with Crippen LogP contribution in [0.5, 0.6) is 5.75 Å². The summed E-state index contributed by atoms with van der Waals surface area (Å²) >= 11 is 0. The number of methoxy groups -OCH3 is 1. The lowest BCUT2D eigenvalue weighted by atomic mass is 10.2. The van der Waals surface area contributed by atoms with Gasteiger partial charge >= 0.3 is 0 Å². The highest BCUT2D eigenvalue weighted by Crippen LogP contribution is 2.13. The molecule has 112 valence electrons. The number of nitrogens with two attached hydrogens (primary N) is 1. The number of benzene rings is 1. The topological polar surface area (TPSA) is 68.9 Å². The zero-order valence-electron chi connectivity index (χ0n) is 12.7. The number of hydrogen-bond donors (Lipinski definition) is 2. The van der Waals surface area contributed by atoms with Crippen molar-refractivity contribution in [1.82, 2.24) is 5.32 Å². The van der Waals surface area contributed by atoms with Gasteiger partial charge in [-0.25, -0.2) is 4.99 Å². The molecule has 5 nitrogen and oxygen atoms in total. The van der Waals surface area contributed by atoms with Crippen molar-refractivity contribution in [1.29, 1.82) is 0 Å². The molecule has 5 heteroatoms. The van der Waals surface area contributed by atoms with Gasteiger partial charge in [-0.2, -0.15) is 0 Å². The number of nitrogens with zero attached hydrogens (tertiary/aromatic N) is 1. The van der Waals surface area contributed by atoms with Gasteiger partial charge in [0, 0.05) is 13.2 Å². The number of rotatable bonds is 7. The minimum atomic E-state index is -0.0317. The van der Waals surface area contributed by atoms with Crippen molar-refractivity contribution in [2.45, 2.75) is 32.9 Å². The SMILES string of the molecule is COCC(C)NC(N)=NCC(C)Oc1ccc(C)cc1. The molecular weight excluding hydrogens is 254 g/mol. The van der Waals surface area contributed by atoms with E-state index in [-0.39, 0.29) is 12.1 Å². The number of aryl methyl sites for hydroxylation is 1. The molecule has 0 aliphatic rings. The molecule has 0 radical (unpaired) electrons. The van der Waals surface area contributed by atoms with Gasteiger partial charge in [-0.05, 0) is 32.9 Å². The predicted molar refractivity (Wildman–Crippen MR) is 82.2 cm³/mol. The number of guanidine groups is 1. The molecule has 1 aromatic rings. The van der Waals surface area contributed by atoms with E-state index in [4.69, 9.17) is 15.2 Å². The van der Waals surface area contributed by atoms with Crippen molar-refractivity contribution in [3.05, 3.63) is 29.8 Å². The Morgan fingerprint density at radius 2 is 1.95 bits per heavy atom. The van der Waals surface area contributed by atoms with Crippen molar-refractivity contribution in [2.24, 2.45) is 10.7 Å². The molecule has 1 aromatic carbocycles. The lowest BCUT2D eigenvalue weighted by molar-refractivity contribution is 0.179. The number of aliphatic imine (C=N–C) groups is 1. The van der Waals surface area contributed by atoms with Crippen molar-refractivity contribution >= 4 is 5.96 Å². The third-order valence-corrected chi connectivity index (χ3v) is 2.69. The van der Waals surface area contributed by atoms with Gasteiger partial charge in [-0.3, -0.25) is 0 Å². The van der Waals surface area contributed by atoms with E-state index in [2.05, 4.69) is 10.3 Å². The third kappa shape index (κ3) is 6.43. The summed E-state index contributed by atoms with van der Waals surface area (Å²) in [6.07, 6.45) is -0.0317. The van der Waals surface area contributed by atoms with Crippen LogP contribution in [0.2, 0.25) is 0 Å². The van der Waals surface area contributed by atoms with Gasteiger partial charge in [0.1, 0.15) is 11.9 Å². The molecule has 0 saturated heterocycles. The first-order valence-electron chi connectivity index (χ1n) is 6.80. The maximum atomic E-state index is 5.79.